The second-order valence-corrected chi connectivity index (χ2v) is 4.73. The van der Waals surface area contributed by atoms with Gasteiger partial charge in [0.2, 0.25) is 5.91 Å². The average Bonchev–Trinajstić information content (AvgIpc) is 2.98. The number of halogens is 2. The molecule has 21 heavy (non-hydrogen) atoms. The molecule has 0 saturated carbocycles. The van der Waals surface area contributed by atoms with Crippen molar-refractivity contribution >= 4 is 11.8 Å². The number of hydrogen-bond acceptors (Lipinski definition) is 3. The molecule has 0 aromatic heterocycles. The number of ether oxygens (including phenoxy) is 1. The standard InChI is InChI=1S/C14H16F2N2O3/c15-10-3-4-12(11(16)7-10)21-9-13(19)17-8-14(20)18-5-1-2-6-18/h3-4,7H,1-2,5-6,8-9H2,(H,17,19). The lowest BCUT2D eigenvalue weighted by Crippen LogP contribution is -2.40. The van der Waals surface area contributed by atoms with Gasteiger partial charge in [-0.2, -0.15) is 0 Å². The zero-order valence-electron chi connectivity index (χ0n) is 11.4. The Morgan fingerprint density at radius 1 is 1.24 bits per heavy atom. The fourth-order valence-electron chi connectivity index (χ4n) is 2.04. The van der Waals surface area contributed by atoms with E-state index in [1.165, 1.54) is 0 Å². The second-order valence-electron chi connectivity index (χ2n) is 4.73. The van der Waals surface area contributed by atoms with E-state index in [2.05, 4.69) is 5.32 Å². The third-order valence-electron chi connectivity index (χ3n) is 3.15. The van der Waals surface area contributed by atoms with Crippen LogP contribution < -0.4 is 10.1 Å². The molecular weight excluding hydrogens is 282 g/mol. The van der Waals surface area contributed by atoms with Gasteiger partial charge in [-0.05, 0) is 25.0 Å². The number of hydrogen-bond donors (Lipinski definition) is 1. The molecule has 2 amide bonds. The highest BCUT2D eigenvalue weighted by molar-refractivity contribution is 5.85. The fraction of sp³-hybridized carbons (Fsp3) is 0.429. The van der Waals surface area contributed by atoms with Gasteiger partial charge in [0, 0.05) is 19.2 Å². The molecule has 0 aliphatic carbocycles. The summed E-state index contributed by atoms with van der Waals surface area (Å²) in [5.41, 5.74) is 0. The third-order valence-corrected chi connectivity index (χ3v) is 3.15. The highest BCUT2D eigenvalue weighted by Crippen LogP contribution is 2.17. The lowest BCUT2D eigenvalue weighted by Gasteiger charge is -2.15. The van der Waals surface area contributed by atoms with Gasteiger partial charge in [-0.15, -0.1) is 0 Å². The second kappa shape index (κ2) is 7.01. The fourth-order valence-corrected chi connectivity index (χ4v) is 2.04. The SMILES string of the molecule is O=C(COc1ccc(F)cc1F)NCC(=O)N1CCCC1. The predicted octanol–water partition coefficient (Wildman–Crippen LogP) is 1.08. The summed E-state index contributed by atoms with van der Waals surface area (Å²) >= 11 is 0. The van der Waals surface area contributed by atoms with Crippen LogP contribution in [0.1, 0.15) is 12.8 Å². The number of carbonyl (C=O) groups is 2. The molecule has 1 aliphatic rings. The van der Waals surface area contributed by atoms with Crippen molar-refractivity contribution in [2.75, 3.05) is 26.2 Å². The molecule has 1 N–H and O–H groups in total. The van der Waals surface area contributed by atoms with Crippen LogP contribution >= 0.6 is 0 Å². The first-order valence-electron chi connectivity index (χ1n) is 6.68. The van der Waals surface area contributed by atoms with Crippen molar-refractivity contribution in [3.05, 3.63) is 29.8 Å². The molecule has 114 valence electrons. The number of rotatable bonds is 5. The summed E-state index contributed by atoms with van der Waals surface area (Å²) in [7, 11) is 0. The molecule has 0 spiro atoms. The van der Waals surface area contributed by atoms with Gasteiger partial charge in [-0.25, -0.2) is 8.78 Å². The molecule has 0 radical (unpaired) electrons. The van der Waals surface area contributed by atoms with Gasteiger partial charge >= 0.3 is 0 Å². The van der Waals surface area contributed by atoms with Gasteiger partial charge < -0.3 is 15.0 Å². The number of nitrogens with one attached hydrogen (secondary N) is 1. The zero-order chi connectivity index (χ0) is 15.2. The highest BCUT2D eigenvalue weighted by atomic mass is 19.1. The maximum Gasteiger partial charge on any atom is 0.258 e. The van der Waals surface area contributed by atoms with Crippen molar-refractivity contribution in [3.63, 3.8) is 0 Å². The smallest absolute Gasteiger partial charge is 0.258 e. The summed E-state index contributed by atoms with van der Waals surface area (Å²) < 4.78 is 30.9. The lowest BCUT2D eigenvalue weighted by molar-refractivity contribution is -0.132. The van der Waals surface area contributed by atoms with Gasteiger partial charge in [0.25, 0.3) is 5.91 Å². The summed E-state index contributed by atoms with van der Waals surface area (Å²) in [5.74, 6) is -2.49. The Morgan fingerprint density at radius 2 is 1.95 bits per heavy atom. The van der Waals surface area contributed by atoms with E-state index in [1.807, 2.05) is 0 Å². The number of carbonyl (C=O) groups excluding carboxylic acids is 2. The topological polar surface area (TPSA) is 58.6 Å². The van der Waals surface area contributed by atoms with Crippen LogP contribution in [0.4, 0.5) is 8.78 Å². The summed E-state index contributed by atoms with van der Waals surface area (Å²) in [4.78, 5) is 24.9. The van der Waals surface area contributed by atoms with Crippen LogP contribution in [0.25, 0.3) is 0 Å². The van der Waals surface area contributed by atoms with E-state index in [9.17, 15) is 18.4 Å². The van der Waals surface area contributed by atoms with Crippen LogP contribution in [0.2, 0.25) is 0 Å². The van der Waals surface area contributed by atoms with E-state index in [1.54, 1.807) is 4.90 Å². The maximum atomic E-state index is 13.3. The van der Waals surface area contributed by atoms with Gasteiger partial charge in [-0.3, -0.25) is 9.59 Å². The molecule has 0 unspecified atom stereocenters. The lowest BCUT2D eigenvalue weighted by atomic mass is 10.3. The Bertz CT molecular complexity index is 531. The average molecular weight is 298 g/mol. The van der Waals surface area contributed by atoms with E-state index < -0.39 is 24.1 Å². The molecule has 1 aliphatic heterocycles. The molecule has 1 fully saturated rings. The van der Waals surface area contributed by atoms with E-state index in [0.29, 0.717) is 19.2 Å². The Morgan fingerprint density at radius 3 is 2.62 bits per heavy atom. The van der Waals surface area contributed by atoms with Crippen molar-refractivity contribution in [1.82, 2.24) is 10.2 Å². The van der Waals surface area contributed by atoms with Crippen LogP contribution in [0.15, 0.2) is 18.2 Å². The van der Waals surface area contributed by atoms with Crippen LogP contribution in [0.3, 0.4) is 0 Å². The quantitative estimate of drug-likeness (QED) is 0.885. The van der Waals surface area contributed by atoms with Crippen molar-refractivity contribution in [3.8, 4) is 5.75 Å². The van der Waals surface area contributed by atoms with Gasteiger partial charge in [0.05, 0.1) is 6.54 Å². The van der Waals surface area contributed by atoms with Crippen LogP contribution in [-0.4, -0.2) is 43.0 Å². The van der Waals surface area contributed by atoms with Crippen molar-refractivity contribution in [2.24, 2.45) is 0 Å². The van der Waals surface area contributed by atoms with Crippen LogP contribution in [-0.2, 0) is 9.59 Å². The molecule has 0 bridgehead atoms. The molecule has 1 heterocycles. The van der Waals surface area contributed by atoms with Gasteiger partial charge in [0.1, 0.15) is 5.82 Å². The number of nitrogens with zero attached hydrogens (tertiary/aromatic N) is 1. The Labute approximate surface area is 120 Å². The minimum Gasteiger partial charge on any atom is -0.481 e. The van der Waals surface area contributed by atoms with Crippen LogP contribution in [0.5, 0.6) is 5.75 Å². The molecule has 1 aromatic carbocycles. The Balaban J connectivity index is 1.73. The highest BCUT2D eigenvalue weighted by Gasteiger charge is 2.18. The van der Waals surface area contributed by atoms with E-state index in [4.69, 9.17) is 4.74 Å². The number of benzene rings is 1. The Kier molecular flexibility index (Phi) is 5.08. The third kappa shape index (κ3) is 4.40. The maximum absolute atomic E-state index is 13.3. The summed E-state index contributed by atoms with van der Waals surface area (Å²) in [5, 5.41) is 2.41. The Hall–Kier alpha value is -2.18. The zero-order valence-corrected chi connectivity index (χ0v) is 11.4. The van der Waals surface area contributed by atoms with Crippen molar-refractivity contribution in [1.29, 1.82) is 0 Å². The minimum absolute atomic E-state index is 0.103. The van der Waals surface area contributed by atoms with Gasteiger partial charge in [-0.1, -0.05) is 0 Å². The van der Waals surface area contributed by atoms with Gasteiger partial charge in [0.15, 0.2) is 18.2 Å². The molecule has 7 heteroatoms. The van der Waals surface area contributed by atoms with Crippen LogP contribution in [0, 0.1) is 11.6 Å². The summed E-state index contributed by atoms with van der Waals surface area (Å²) in [6, 6.07) is 2.81. The van der Waals surface area contributed by atoms with E-state index in [0.717, 1.165) is 25.0 Å². The molecule has 5 nitrogen and oxygen atoms in total. The first kappa shape index (κ1) is 15.2. The molecule has 2 rings (SSSR count). The minimum atomic E-state index is -0.879. The molecular formula is C14H16F2N2O3. The molecule has 1 saturated heterocycles. The summed E-state index contributed by atoms with van der Waals surface area (Å²) in [6.07, 6.45) is 1.96. The predicted molar refractivity (Wildman–Crippen MR) is 70.7 cm³/mol. The number of likely N-dealkylation sites (tertiary alicyclic amines) is 1. The first-order chi connectivity index (χ1) is 10.1. The largest absolute Gasteiger partial charge is 0.481 e. The van der Waals surface area contributed by atoms with Crippen molar-refractivity contribution < 1.29 is 23.1 Å². The van der Waals surface area contributed by atoms with Crippen molar-refractivity contribution in [2.45, 2.75) is 12.8 Å². The molecule has 1 aromatic rings. The number of amides is 2. The van der Waals surface area contributed by atoms with E-state index >= 15 is 0 Å². The normalized spacial score (nSPS) is 14.1. The molecule has 0 atom stereocenters. The summed E-state index contributed by atoms with van der Waals surface area (Å²) in [6.45, 7) is 0.891. The first-order valence-corrected chi connectivity index (χ1v) is 6.68. The monoisotopic (exact) mass is 298 g/mol. The van der Waals surface area contributed by atoms with E-state index in [-0.39, 0.29) is 18.2 Å².